The maximum Gasteiger partial charge on any atom is 0.302 e. The second-order valence-electron chi connectivity index (χ2n) is 13.4. The molecular formula is C30H48O9. The van der Waals surface area contributed by atoms with Gasteiger partial charge >= 0.3 is 5.97 Å². The van der Waals surface area contributed by atoms with Gasteiger partial charge in [0.15, 0.2) is 6.29 Å². The maximum absolute atomic E-state index is 12.4. The third kappa shape index (κ3) is 4.25. The molecule has 13 atom stereocenters. The van der Waals surface area contributed by atoms with E-state index in [0.717, 1.165) is 19.3 Å². The van der Waals surface area contributed by atoms with E-state index >= 15 is 0 Å². The van der Waals surface area contributed by atoms with Crippen LogP contribution in [0.25, 0.3) is 0 Å². The Hall–Kier alpha value is -1.07. The molecule has 1 heterocycles. The highest BCUT2D eigenvalue weighted by Gasteiger charge is 2.75. The van der Waals surface area contributed by atoms with Gasteiger partial charge in [0.05, 0.1) is 35.4 Å². The van der Waals surface area contributed by atoms with Crippen LogP contribution in [0.5, 0.6) is 0 Å². The van der Waals surface area contributed by atoms with E-state index in [0.29, 0.717) is 25.7 Å². The molecule has 0 spiro atoms. The second-order valence-corrected chi connectivity index (χ2v) is 13.4. The molecule has 9 heteroatoms. The van der Waals surface area contributed by atoms with Gasteiger partial charge in [0.2, 0.25) is 0 Å². The Kier molecular flexibility index (Phi) is 7.57. The van der Waals surface area contributed by atoms with E-state index < -0.39 is 47.2 Å². The molecule has 39 heavy (non-hydrogen) atoms. The number of carbonyl (C=O) groups is 1. The molecule has 0 radical (unpaired) electrons. The van der Waals surface area contributed by atoms with Gasteiger partial charge < -0.3 is 39.4 Å². The van der Waals surface area contributed by atoms with Gasteiger partial charge in [-0.05, 0) is 76.0 Å². The second kappa shape index (κ2) is 10.0. The number of allylic oxidation sites excluding steroid dienone is 1. The summed E-state index contributed by atoms with van der Waals surface area (Å²) in [4.78, 5) is 11.7. The number of fused-ring (bicyclic) bond motifs is 5. The lowest BCUT2D eigenvalue weighted by Gasteiger charge is -2.64. The largest absolute Gasteiger partial charge is 0.460 e. The first-order valence-electron chi connectivity index (χ1n) is 14.7. The van der Waals surface area contributed by atoms with Crippen LogP contribution in [0.2, 0.25) is 0 Å². The number of carbonyl (C=O) groups excluding carboxylic acids is 1. The number of hydrogen-bond donors (Lipinski definition) is 4. The van der Waals surface area contributed by atoms with Crippen molar-refractivity contribution in [3.63, 3.8) is 0 Å². The van der Waals surface area contributed by atoms with E-state index in [1.54, 1.807) is 21.0 Å². The molecule has 0 aromatic rings. The minimum absolute atomic E-state index is 0.0196. The van der Waals surface area contributed by atoms with E-state index in [1.807, 2.05) is 6.92 Å². The lowest BCUT2D eigenvalue weighted by atomic mass is 9.44. The predicted molar refractivity (Wildman–Crippen MR) is 141 cm³/mol. The maximum atomic E-state index is 12.4. The van der Waals surface area contributed by atoms with Crippen molar-refractivity contribution in [1.29, 1.82) is 0 Å². The van der Waals surface area contributed by atoms with E-state index in [9.17, 15) is 25.2 Å². The summed E-state index contributed by atoms with van der Waals surface area (Å²) in [5.41, 5.74) is -2.95. The van der Waals surface area contributed by atoms with Gasteiger partial charge in [-0.3, -0.25) is 4.79 Å². The summed E-state index contributed by atoms with van der Waals surface area (Å²) in [6, 6.07) is 0. The van der Waals surface area contributed by atoms with E-state index in [2.05, 4.69) is 13.0 Å². The molecule has 0 bridgehead atoms. The fourth-order valence-electron chi connectivity index (χ4n) is 9.30. The average molecular weight is 553 g/mol. The van der Waals surface area contributed by atoms with Crippen molar-refractivity contribution in [2.75, 3.05) is 7.11 Å². The molecule has 5 rings (SSSR count). The van der Waals surface area contributed by atoms with Gasteiger partial charge in [-0.2, -0.15) is 0 Å². The molecule has 5 aliphatic rings. The zero-order chi connectivity index (χ0) is 28.5. The van der Waals surface area contributed by atoms with Gasteiger partial charge in [-0.25, -0.2) is 0 Å². The Morgan fingerprint density at radius 3 is 2.51 bits per heavy atom. The van der Waals surface area contributed by atoms with Crippen LogP contribution in [-0.4, -0.2) is 87.6 Å². The Balaban J connectivity index is 1.35. The summed E-state index contributed by atoms with van der Waals surface area (Å²) < 4.78 is 23.2. The van der Waals surface area contributed by atoms with Gasteiger partial charge in [-0.1, -0.05) is 25.5 Å². The Bertz CT molecular complexity index is 985. The van der Waals surface area contributed by atoms with Crippen molar-refractivity contribution >= 4 is 5.97 Å². The van der Waals surface area contributed by atoms with Gasteiger partial charge in [-0.15, -0.1) is 0 Å². The molecule has 3 saturated carbocycles. The van der Waals surface area contributed by atoms with E-state index in [1.165, 1.54) is 12.5 Å². The standard InChI is InChI=1S/C30H48O9/c1-16-26(33)23(36-6)15-25(37-16)39-20-9-10-27(4)19(13-20)7-8-21-22(27)14-24(32)28(5)29(34,11-12-30(21,28)35)17(2)38-18(3)31/h7,16-17,20-26,32-35H,8-15H2,1-6H3. The topological polar surface area (TPSA) is 135 Å². The van der Waals surface area contributed by atoms with Crippen LogP contribution in [-0.2, 0) is 23.7 Å². The molecule has 222 valence electrons. The summed E-state index contributed by atoms with van der Waals surface area (Å²) in [5.74, 6) is -0.559. The molecule has 1 saturated heterocycles. The summed E-state index contributed by atoms with van der Waals surface area (Å²) in [6.07, 6.45) is 3.28. The monoisotopic (exact) mass is 552 g/mol. The van der Waals surface area contributed by atoms with E-state index in [-0.39, 0.29) is 42.0 Å². The molecule has 9 nitrogen and oxygen atoms in total. The molecule has 1 aliphatic heterocycles. The highest BCUT2D eigenvalue weighted by atomic mass is 16.7. The fraction of sp³-hybridized carbons (Fsp3) is 0.900. The van der Waals surface area contributed by atoms with Crippen molar-refractivity contribution in [3.8, 4) is 0 Å². The van der Waals surface area contributed by atoms with Crippen molar-refractivity contribution in [1.82, 2.24) is 0 Å². The molecule has 4 fully saturated rings. The Morgan fingerprint density at radius 1 is 1.13 bits per heavy atom. The minimum Gasteiger partial charge on any atom is -0.460 e. The Labute approximate surface area is 231 Å². The van der Waals surface area contributed by atoms with Crippen LogP contribution in [0.1, 0.15) is 86.0 Å². The summed E-state index contributed by atoms with van der Waals surface area (Å²) >= 11 is 0. The minimum atomic E-state index is -1.53. The molecule has 0 amide bonds. The number of methoxy groups -OCH3 is 1. The normalized spacial score (nSPS) is 52.2. The van der Waals surface area contributed by atoms with Gasteiger partial charge in [0, 0.05) is 20.5 Å². The fourth-order valence-corrected chi connectivity index (χ4v) is 9.30. The van der Waals surface area contributed by atoms with Crippen LogP contribution in [0, 0.1) is 22.7 Å². The van der Waals surface area contributed by atoms with Gasteiger partial charge in [0.1, 0.15) is 17.8 Å². The number of esters is 1. The number of aliphatic hydroxyl groups excluding tert-OH is 2. The van der Waals surface area contributed by atoms with Crippen LogP contribution < -0.4 is 0 Å². The molecule has 4 N–H and O–H groups in total. The van der Waals surface area contributed by atoms with Crippen LogP contribution in [0.3, 0.4) is 0 Å². The van der Waals surface area contributed by atoms with Crippen molar-refractivity contribution in [2.45, 2.75) is 140 Å². The lowest BCUT2D eigenvalue weighted by Crippen LogP contribution is -2.71. The third-order valence-corrected chi connectivity index (χ3v) is 11.8. The van der Waals surface area contributed by atoms with Crippen LogP contribution in [0.15, 0.2) is 11.6 Å². The number of ether oxygens (including phenoxy) is 4. The first-order valence-corrected chi connectivity index (χ1v) is 14.7. The molecular weight excluding hydrogens is 504 g/mol. The third-order valence-electron chi connectivity index (χ3n) is 11.8. The zero-order valence-electron chi connectivity index (χ0n) is 24.3. The predicted octanol–water partition coefficient (Wildman–Crippen LogP) is 2.61. The van der Waals surface area contributed by atoms with Gasteiger partial charge in [0.25, 0.3) is 0 Å². The molecule has 0 aromatic carbocycles. The molecule has 4 aliphatic carbocycles. The van der Waals surface area contributed by atoms with Crippen LogP contribution >= 0.6 is 0 Å². The smallest absolute Gasteiger partial charge is 0.302 e. The quantitative estimate of drug-likeness (QED) is 0.300. The van der Waals surface area contributed by atoms with Crippen molar-refractivity contribution in [2.24, 2.45) is 22.7 Å². The number of aliphatic hydroxyl groups is 4. The number of rotatable bonds is 5. The van der Waals surface area contributed by atoms with Crippen molar-refractivity contribution in [3.05, 3.63) is 11.6 Å². The SMILES string of the molecule is COC1CC(OC2CCC3(C)C(=CCC4C3CC(O)C3(C)C(O)(C(C)OC(C)=O)CCC43O)C2)OC(C)C1O. The summed E-state index contributed by atoms with van der Waals surface area (Å²) in [7, 11) is 1.60. The Morgan fingerprint density at radius 2 is 1.85 bits per heavy atom. The average Bonchev–Trinajstić information content (AvgIpc) is 3.10. The van der Waals surface area contributed by atoms with E-state index in [4.69, 9.17) is 18.9 Å². The first-order chi connectivity index (χ1) is 18.2. The first kappa shape index (κ1) is 29.4. The highest BCUT2D eigenvalue weighted by Crippen LogP contribution is 2.69. The zero-order valence-corrected chi connectivity index (χ0v) is 24.3. The van der Waals surface area contributed by atoms with Crippen molar-refractivity contribution < 1.29 is 44.2 Å². The summed E-state index contributed by atoms with van der Waals surface area (Å²) in [5, 5.41) is 46.2. The number of hydrogen-bond acceptors (Lipinski definition) is 9. The van der Waals surface area contributed by atoms with Crippen LogP contribution in [0.4, 0.5) is 0 Å². The molecule has 13 unspecified atom stereocenters. The summed E-state index contributed by atoms with van der Waals surface area (Å²) in [6.45, 7) is 8.83. The molecule has 0 aromatic heterocycles. The highest BCUT2D eigenvalue weighted by molar-refractivity contribution is 5.66. The lowest BCUT2D eigenvalue weighted by molar-refractivity contribution is -0.278.